The lowest BCUT2D eigenvalue weighted by molar-refractivity contribution is -0.149. The summed E-state index contributed by atoms with van der Waals surface area (Å²) in [6, 6.07) is 6.21. The Kier molecular flexibility index (Phi) is 3.83. The van der Waals surface area contributed by atoms with E-state index in [4.69, 9.17) is 5.11 Å². The van der Waals surface area contributed by atoms with Crippen molar-refractivity contribution in [1.29, 1.82) is 0 Å². The summed E-state index contributed by atoms with van der Waals surface area (Å²) >= 11 is 3.21. The van der Waals surface area contributed by atoms with Gasteiger partial charge in [0.15, 0.2) is 17.0 Å². The molecule has 1 N–H and O–H groups in total. The summed E-state index contributed by atoms with van der Waals surface area (Å²) in [6.07, 6.45) is 0. The normalized spacial score (nSPS) is 13.8. The van der Waals surface area contributed by atoms with Gasteiger partial charge >= 0.3 is 5.97 Å². The molecule has 5 heteroatoms. The third-order valence-electron chi connectivity index (χ3n) is 2.69. The number of benzene rings is 1. The van der Waals surface area contributed by atoms with Crippen LogP contribution in [0.25, 0.3) is 0 Å². The Balaban J connectivity index is 3.23. The predicted molar refractivity (Wildman–Crippen MR) is 64.9 cm³/mol. The van der Waals surface area contributed by atoms with Crippen molar-refractivity contribution >= 4 is 33.5 Å². The number of carboxylic acids is 1. The quantitative estimate of drug-likeness (QED) is 0.684. The number of hydrogen-bond donors (Lipinski definition) is 1. The molecule has 1 aromatic carbocycles. The van der Waals surface area contributed by atoms with Crippen molar-refractivity contribution in [2.45, 2.75) is 13.8 Å². The molecule has 1 rings (SSSR count). The minimum absolute atomic E-state index is 0.202. The molecule has 0 aliphatic carbocycles. The molecule has 0 fully saturated rings. The number of carboxylic acid groups (broad SMARTS) is 1. The second kappa shape index (κ2) is 4.79. The van der Waals surface area contributed by atoms with Gasteiger partial charge in [-0.05, 0) is 26.0 Å². The van der Waals surface area contributed by atoms with E-state index in [9.17, 15) is 14.4 Å². The summed E-state index contributed by atoms with van der Waals surface area (Å²) in [4.78, 5) is 34.5. The van der Waals surface area contributed by atoms with Crippen LogP contribution in [0.15, 0.2) is 28.7 Å². The Morgan fingerprint density at radius 1 is 1.18 bits per heavy atom. The smallest absolute Gasteiger partial charge is 0.324 e. The van der Waals surface area contributed by atoms with Gasteiger partial charge in [0.05, 0.1) is 0 Å². The van der Waals surface area contributed by atoms with Crippen LogP contribution in [0, 0.1) is 5.41 Å². The minimum Gasteiger partial charge on any atom is -0.480 e. The van der Waals surface area contributed by atoms with E-state index < -0.39 is 23.0 Å². The third kappa shape index (κ3) is 2.44. The molecule has 0 aromatic heterocycles. The molecule has 4 nitrogen and oxygen atoms in total. The van der Waals surface area contributed by atoms with Gasteiger partial charge in [0.1, 0.15) is 0 Å². The topological polar surface area (TPSA) is 71.4 Å². The number of rotatable bonds is 4. The maximum Gasteiger partial charge on any atom is 0.324 e. The van der Waals surface area contributed by atoms with Gasteiger partial charge in [0, 0.05) is 10.0 Å². The molecule has 0 aliphatic rings. The number of aliphatic carboxylic acids is 1. The molecule has 0 radical (unpaired) electrons. The summed E-state index contributed by atoms with van der Waals surface area (Å²) in [5, 5.41) is 9.04. The molecule has 17 heavy (non-hydrogen) atoms. The van der Waals surface area contributed by atoms with Gasteiger partial charge in [-0.25, -0.2) is 0 Å². The number of halogens is 1. The van der Waals surface area contributed by atoms with Gasteiger partial charge in [-0.15, -0.1) is 0 Å². The van der Waals surface area contributed by atoms with Crippen LogP contribution < -0.4 is 0 Å². The maximum absolute atomic E-state index is 12.0. The van der Waals surface area contributed by atoms with Gasteiger partial charge in [-0.3, -0.25) is 14.4 Å². The first kappa shape index (κ1) is 13.6. The van der Waals surface area contributed by atoms with Gasteiger partial charge < -0.3 is 5.11 Å². The van der Waals surface area contributed by atoms with Crippen LogP contribution in [0.2, 0.25) is 0 Å². The standard InChI is InChI=1S/C12H11BrO4/c1-7(14)12(2,11(16)17)10(15)8-3-5-9(13)6-4-8/h3-6H,1-2H3,(H,16,17). The fourth-order valence-corrected chi connectivity index (χ4v) is 1.56. The van der Waals surface area contributed by atoms with Crippen molar-refractivity contribution < 1.29 is 19.5 Å². The number of carbonyl (C=O) groups excluding carboxylic acids is 2. The fraction of sp³-hybridized carbons (Fsp3) is 0.250. The SMILES string of the molecule is CC(=O)C(C)(C(=O)O)C(=O)c1ccc(Br)cc1. The minimum atomic E-state index is -2.02. The van der Waals surface area contributed by atoms with Crippen LogP contribution in [0.3, 0.4) is 0 Å². The lowest BCUT2D eigenvalue weighted by atomic mass is 9.79. The van der Waals surface area contributed by atoms with E-state index >= 15 is 0 Å². The highest BCUT2D eigenvalue weighted by Gasteiger charge is 2.46. The number of ketones is 2. The average molecular weight is 299 g/mol. The Labute approximate surface area is 107 Å². The van der Waals surface area contributed by atoms with Crippen molar-refractivity contribution in [3.8, 4) is 0 Å². The summed E-state index contributed by atoms with van der Waals surface area (Å²) in [6.45, 7) is 2.23. The van der Waals surface area contributed by atoms with Gasteiger partial charge in [-0.1, -0.05) is 28.1 Å². The molecular formula is C12H11BrO4. The Hall–Kier alpha value is -1.49. The molecule has 1 unspecified atom stereocenters. The van der Waals surface area contributed by atoms with Gasteiger partial charge in [0.2, 0.25) is 0 Å². The molecule has 0 aliphatic heterocycles. The first-order valence-electron chi connectivity index (χ1n) is 4.85. The largest absolute Gasteiger partial charge is 0.480 e. The molecule has 0 bridgehead atoms. The van der Waals surface area contributed by atoms with Gasteiger partial charge in [-0.2, -0.15) is 0 Å². The Bertz CT molecular complexity index is 462. The lowest BCUT2D eigenvalue weighted by Gasteiger charge is -2.19. The molecule has 0 saturated heterocycles. The van der Waals surface area contributed by atoms with E-state index in [1.54, 1.807) is 12.1 Å². The third-order valence-corrected chi connectivity index (χ3v) is 3.22. The molecule has 1 atom stereocenters. The first-order valence-corrected chi connectivity index (χ1v) is 5.64. The molecule has 0 spiro atoms. The highest BCUT2D eigenvalue weighted by atomic mass is 79.9. The molecule has 1 aromatic rings. The van der Waals surface area contributed by atoms with Crippen LogP contribution in [0.4, 0.5) is 0 Å². The number of hydrogen-bond acceptors (Lipinski definition) is 3. The number of Topliss-reactive ketones (excluding diaryl/α,β-unsaturated/α-hetero) is 2. The van der Waals surface area contributed by atoms with Crippen molar-refractivity contribution in [1.82, 2.24) is 0 Å². The van der Waals surface area contributed by atoms with E-state index in [0.717, 1.165) is 18.3 Å². The molecule has 0 amide bonds. The molecule has 0 heterocycles. The monoisotopic (exact) mass is 298 g/mol. The zero-order valence-electron chi connectivity index (χ0n) is 9.36. The van der Waals surface area contributed by atoms with E-state index in [1.807, 2.05) is 0 Å². The van der Waals surface area contributed by atoms with Gasteiger partial charge in [0.25, 0.3) is 0 Å². The highest BCUT2D eigenvalue weighted by Crippen LogP contribution is 2.25. The first-order chi connectivity index (χ1) is 7.80. The second-order valence-electron chi connectivity index (χ2n) is 3.82. The van der Waals surface area contributed by atoms with E-state index in [1.165, 1.54) is 12.1 Å². The summed E-state index contributed by atoms with van der Waals surface area (Å²) in [7, 11) is 0. The average Bonchev–Trinajstić information content (AvgIpc) is 2.27. The Morgan fingerprint density at radius 3 is 2.00 bits per heavy atom. The van der Waals surface area contributed by atoms with Crippen molar-refractivity contribution in [2.24, 2.45) is 5.41 Å². The van der Waals surface area contributed by atoms with Crippen LogP contribution in [-0.4, -0.2) is 22.6 Å². The predicted octanol–water partition coefficient (Wildman–Crippen LogP) is 2.31. The highest BCUT2D eigenvalue weighted by molar-refractivity contribution is 9.10. The summed E-state index contributed by atoms with van der Waals surface area (Å²) in [5.41, 5.74) is -1.82. The van der Waals surface area contributed by atoms with Crippen molar-refractivity contribution in [3.05, 3.63) is 34.3 Å². The van der Waals surface area contributed by atoms with E-state index in [2.05, 4.69) is 15.9 Å². The summed E-state index contributed by atoms with van der Waals surface area (Å²) in [5.74, 6) is -2.82. The Morgan fingerprint density at radius 2 is 1.65 bits per heavy atom. The molecule has 90 valence electrons. The van der Waals surface area contributed by atoms with Crippen LogP contribution in [-0.2, 0) is 9.59 Å². The van der Waals surface area contributed by atoms with E-state index in [-0.39, 0.29) is 5.56 Å². The summed E-state index contributed by atoms with van der Waals surface area (Å²) < 4.78 is 0.772. The maximum atomic E-state index is 12.0. The van der Waals surface area contributed by atoms with Crippen LogP contribution in [0.5, 0.6) is 0 Å². The van der Waals surface area contributed by atoms with Crippen LogP contribution in [0.1, 0.15) is 24.2 Å². The zero-order valence-corrected chi connectivity index (χ0v) is 10.9. The lowest BCUT2D eigenvalue weighted by Crippen LogP contribution is -2.42. The number of carbonyl (C=O) groups is 3. The van der Waals surface area contributed by atoms with Crippen molar-refractivity contribution in [2.75, 3.05) is 0 Å². The molecule has 0 saturated carbocycles. The fourth-order valence-electron chi connectivity index (χ4n) is 1.30. The van der Waals surface area contributed by atoms with Crippen LogP contribution >= 0.6 is 15.9 Å². The van der Waals surface area contributed by atoms with E-state index in [0.29, 0.717) is 0 Å². The second-order valence-corrected chi connectivity index (χ2v) is 4.74. The zero-order chi connectivity index (χ0) is 13.2. The molecular weight excluding hydrogens is 288 g/mol. The van der Waals surface area contributed by atoms with Crippen molar-refractivity contribution in [3.63, 3.8) is 0 Å².